The monoisotopic (exact) mass is 252 g/mol. The van der Waals surface area contributed by atoms with Gasteiger partial charge < -0.3 is 4.90 Å². The van der Waals surface area contributed by atoms with Crippen LogP contribution in [0.4, 0.5) is 0 Å². The van der Waals surface area contributed by atoms with Crippen molar-refractivity contribution >= 4 is 5.91 Å². The summed E-state index contributed by atoms with van der Waals surface area (Å²) in [7, 11) is 0. The van der Waals surface area contributed by atoms with Gasteiger partial charge in [-0.15, -0.1) is 0 Å². The molecule has 3 atom stereocenters. The zero-order valence-corrected chi connectivity index (χ0v) is 12.3. The van der Waals surface area contributed by atoms with Gasteiger partial charge in [0.1, 0.15) is 0 Å². The molecule has 1 aliphatic carbocycles. The maximum atomic E-state index is 12.5. The number of carbonyl (C=O) groups excluding carboxylic acids is 1. The van der Waals surface area contributed by atoms with Gasteiger partial charge in [0.05, 0.1) is 12.2 Å². The highest BCUT2D eigenvalue weighted by Gasteiger charge is 2.42. The molecule has 0 spiro atoms. The third-order valence-corrected chi connectivity index (χ3v) is 5.01. The first-order chi connectivity index (χ1) is 8.47. The van der Waals surface area contributed by atoms with Gasteiger partial charge in [0, 0.05) is 6.54 Å². The molecule has 1 heterocycles. The molecule has 0 aromatic heterocycles. The highest BCUT2D eigenvalue weighted by molar-refractivity contribution is 5.84. The van der Waals surface area contributed by atoms with Crippen LogP contribution in [0.25, 0.3) is 0 Å². The summed E-state index contributed by atoms with van der Waals surface area (Å²) in [4.78, 5) is 14.6. The molecular formula is C15H28N2O. The van der Waals surface area contributed by atoms with Gasteiger partial charge in [-0.3, -0.25) is 10.1 Å². The number of hydrogen-bond donors (Lipinski definition) is 1. The lowest BCUT2D eigenvalue weighted by Crippen LogP contribution is -2.41. The van der Waals surface area contributed by atoms with E-state index in [1.165, 1.54) is 25.7 Å². The fraction of sp³-hybridized carbons (Fsp3) is 0.933. The van der Waals surface area contributed by atoms with Gasteiger partial charge in [-0.05, 0) is 31.1 Å². The van der Waals surface area contributed by atoms with Crippen molar-refractivity contribution in [2.75, 3.05) is 6.54 Å². The molecule has 2 fully saturated rings. The number of nitrogens with one attached hydrogen (secondary N) is 1. The molecule has 2 rings (SSSR count). The minimum absolute atomic E-state index is 0.0370. The van der Waals surface area contributed by atoms with E-state index in [9.17, 15) is 4.79 Å². The molecule has 1 saturated carbocycles. The fourth-order valence-corrected chi connectivity index (χ4v) is 3.45. The molecular weight excluding hydrogens is 224 g/mol. The second-order valence-electron chi connectivity index (χ2n) is 6.69. The van der Waals surface area contributed by atoms with Crippen molar-refractivity contribution < 1.29 is 4.79 Å². The Morgan fingerprint density at radius 2 is 2.06 bits per heavy atom. The predicted octanol–water partition coefficient (Wildman–Crippen LogP) is 2.76. The summed E-state index contributed by atoms with van der Waals surface area (Å²) in [6.07, 6.45) is 6.47. The fourth-order valence-electron chi connectivity index (χ4n) is 3.45. The topological polar surface area (TPSA) is 32.3 Å². The van der Waals surface area contributed by atoms with E-state index >= 15 is 0 Å². The molecule has 3 nitrogen and oxygen atoms in total. The lowest BCUT2D eigenvalue weighted by atomic mass is 9.88. The smallest absolute Gasteiger partial charge is 0.241 e. The zero-order valence-electron chi connectivity index (χ0n) is 12.3. The highest BCUT2D eigenvalue weighted by atomic mass is 16.2. The molecule has 3 unspecified atom stereocenters. The lowest BCUT2D eigenvalue weighted by molar-refractivity contribution is -0.132. The summed E-state index contributed by atoms with van der Waals surface area (Å²) in [6, 6.07) is 0.0370. The van der Waals surface area contributed by atoms with E-state index in [-0.39, 0.29) is 12.2 Å². The van der Waals surface area contributed by atoms with Crippen LogP contribution in [0.2, 0.25) is 0 Å². The van der Waals surface area contributed by atoms with Crippen LogP contribution in [0.3, 0.4) is 0 Å². The van der Waals surface area contributed by atoms with E-state index < -0.39 is 0 Å². The molecule has 1 aliphatic heterocycles. The van der Waals surface area contributed by atoms with Crippen molar-refractivity contribution in [2.45, 2.75) is 72.0 Å². The number of hydrogen-bond acceptors (Lipinski definition) is 2. The van der Waals surface area contributed by atoms with Gasteiger partial charge in [-0.25, -0.2) is 0 Å². The Labute approximate surface area is 111 Å². The molecule has 104 valence electrons. The summed E-state index contributed by atoms with van der Waals surface area (Å²) in [5, 5.41) is 3.47. The maximum absolute atomic E-state index is 12.5. The Balaban J connectivity index is 2.02. The first-order valence-electron chi connectivity index (χ1n) is 7.53. The Kier molecular flexibility index (Phi) is 4.00. The van der Waals surface area contributed by atoms with Gasteiger partial charge in [-0.2, -0.15) is 0 Å². The average Bonchev–Trinajstić information content (AvgIpc) is 2.88. The second-order valence-corrected chi connectivity index (χ2v) is 6.69. The highest BCUT2D eigenvalue weighted by Crippen LogP contribution is 2.39. The van der Waals surface area contributed by atoms with E-state index in [4.69, 9.17) is 0 Å². The van der Waals surface area contributed by atoms with Crippen molar-refractivity contribution in [3.63, 3.8) is 0 Å². The van der Waals surface area contributed by atoms with Crippen LogP contribution >= 0.6 is 0 Å². The maximum Gasteiger partial charge on any atom is 0.241 e. The summed E-state index contributed by atoms with van der Waals surface area (Å²) < 4.78 is 0. The molecule has 1 saturated heterocycles. The van der Waals surface area contributed by atoms with Crippen LogP contribution in [-0.2, 0) is 4.79 Å². The van der Waals surface area contributed by atoms with Crippen LogP contribution in [0.5, 0.6) is 0 Å². The van der Waals surface area contributed by atoms with E-state index in [1.54, 1.807) is 0 Å². The minimum Gasteiger partial charge on any atom is -0.326 e. The Bertz CT molecular complexity index is 310. The Hall–Kier alpha value is -0.570. The third kappa shape index (κ3) is 2.56. The SMILES string of the molecule is CCC(C)C1NC(C)N(CC2(C)CCCC2)C1=O. The number of nitrogens with zero attached hydrogens (tertiary/aromatic N) is 1. The molecule has 18 heavy (non-hydrogen) atoms. The average molecular weight is 252 g/mol. The Morgan fingerprint density at radius 3 is 2.61 bits per heavy atom. The van der Waals surface area contributed by atoms with Crippen molar-refractivity contribution in [1.29, 1.82) is 0 Å². The first kappa shape index (κ1) is 13.9. The van der Waals surface area contributed by atoms with Crippen molar-refractivity contribution in [3.8, 4) is 0 Å². The van der Waals surface area contributed by atoms with Gasteiger partial charge in [0.15, 0.2) is 0 Å². The molecule has 2 aliphatic rings. The standard InChI is InChI=1S/C15H28N2O/c1-5-11(2)13-14(18)17(12(3)16-13)10-15(4)8-6-7-9-15/h11-13,16H,5-10H2,1-4H3. The molecule has 0 bridgehead atoms. The number of amides is 1. The number of carbonyl (C=O) groups is 1. The summed E-state index contributed by atoms with van der Waals surface area (Å²) in [6.45, 7) is 9.73. The summed E-state index contributed by atoms with van der Waals surface area (Å²) in [5.74, 6) is 0.756. The molecule has 3 heteroatoms. The van der Waals surface area contributed by atoms with E-state index in [1.807, 2.05) is 0 Å². The van der Waals surface area contributed by atoms with Gasteiger partial charge in [-0.1, -0.05) is 40.0 Å². The number of rotatable bonds is 4. The van der Waals surface area contributed by atoms with Gasteiger partial charge in [0.25, 0.3) is 0 Å². The van der Waals surface area contributed by atoms with Gasteiger partial charge in [0.2, 0.25) is 5.91 Å². The quantitative estimate of drug-likeness (QED) is 0.834. The largest absolute Gasteiger partial charge is 0.326 e. The van der Waals surface area contributed by atoms with E-state index in [0.717, 1.165) is 13.0 Å². The van der Waals surface area contributed by atoms with Gasteiger partial charge >= 0.3 is 0 Å². The molecule has 1 amide bonds. The lowest BCUT2D eigenvalue weighted by Gasteiger charge is -2.32. The van der Waals surface area contributed by atoms with Crippen LogP contribution < -0.4 is 5.32 Å². The normalized spacial score (nSPS) is 33.1. The van der Waals surface area contributed by atoms with E-state index in [0.29, 0.717) is 17.2 Å². The van der Waals surface area contributed by atoms with E-state index in [2.05, 4.69) is 37.9 Å². The summed E-state index contributed by atoms with van der Waals surface area (Å²) in [5.41, 5.74) is 0.357. The first-order valence-corrected chi connectivity index (χ1v) is 7.53. The van der Waals surface area contributed by atoms with Crippen LogP contribution in [-0.4, -0.2) is 29.6 Å². The Morgan fingerprint density at radius 1 is 1.44 bits per heavy atom. The second kappa shape index (κ2) is 5.20. The molecule has 0 radical (unpaired) electrons. The molecule has 0 aromatic rings. The summed E-state index contributed by atoms with van der Waals surface area (Å²) >= 11 is 0. The third-order valence-electron chi connectivity index (χ3n) is 5.01. The predicted molar refractivity (Wildman–Crippen MR) is 74.1 cm³/mol. The van der Waals surface area contributed by atoms with Crippen molar-refractivity contribution in [3.05, 3.63) is 0 Å². The minimum atomic E-state index is 0.0370. The zero-order chi connectivity index (χ0) is 13.3. The van der Waals surface area contributed by atoms with Crippen molar-refractivity contribution in [1.82, 2.24) is 10.2 Å². The molecule has 1 N–H and O–H groups in total. The molecule has 0 aromatic carbocycles. The van der Waals surface area contributed by atoms with Crippen LogP contribution in [0.1, 0.15) is 59.8 Å². The van der Waals surface area contributed by atoms with Crippen molar-refractivity contribution in [2.24, 2.45) is 11.3 Å². The van der Waals surface area contributed by atoms with Crippen LogP contribution in [0, 0.1) is 11.3 Å². The van der Waals surface area contributed by atoms with Crippen LogP contribution in [0.15, 0.2) is 0 Å².